The van der Waals surface area contributed by atoms with Crippen molar-refractivity contribution in [2.75, 3.05) is 6.61 Å². The molecule has 1 heterocycles. The lowest BCUT2D eigenvalue weighted by molar-refractivity contribution is -0.197. The van der Waals surface area contributed by atoms with Gasteiger partial charge in [0.15, 0.2) is 18.2 Å². The Bertz CT molecular complexity index is 683. The van der Waals surface area contributed by atoms with Gasteiger partial charge >= 0.3 is 5.97 Å². The predicted molar refractivity (Wildman–Crippen MR) is 91.3 cm³/mol. The van der Waals surface area contributed by atoms with Crippen LogP contribution in [0.25, 0.3) is 10.4 Å². The first-order valence-electron chi connectivity index (χ1n) is 8.77. The summed E-state index contributed by atoms with van der Waals surface area (Å²) in [5.74, 6) is -0.921. The maximum Gasteiger partial charge on any atom is 0.338 e. The molecular formula is C18H21N3O5. The summed E-state index contributed by atoms with van der Waals surface area (Å²) < 4.78 is 16.7. The lowest BCUT2D eigenvalue weighted by atomic mass is 9.89. The summed E-state index contributed by atoms with van der Waals surface area (Å²) in [7, 11) is 0. The van der Waals surface area contributed by atoms with Crippen LogP contribution in [0.2, 0.25) is 0 Å². The molecule has 2 fully saturated rings. The molecule has 138 valence electrons. The molecule has 0 amide bonds. The summed E-state index contributed by atoms with van der Waals surface area (Å²) in [6.07, 6.45) is 1.37. The average molecular weight is 359 g/mol. The first-order valence-corrected chi connectivity index (χ1v) is 8.77. The highest BCUT2D eigenvalue weighted by atomic mass is 16.7. The van der Waals surface area contributed by atoms with Gasteiger partial charge in [-0.25, -0.2) is 4.79 Å². The lowest BCUT2D eigenvalue weighted by Gasteiger charge is -2.34. The van der Waals surface area contributed by atoms with Crippen molar-refractivity contribution in [2.24, 2.45) is 5.11 Å². The highest BCUT2D eigenvalue weighted by Gasteiger charge is 2.40. The maximum atomic E-state index is 12.5. The van der Waals surface area contributed by atoms with E-state index in [1.54, 1.807) is 30.3 Å². The molecule has 3 rings (SSSR count). The number of carbonyl (C=O) groups is 2. The third-order valence-electron chi connectivity index (χ3n) is 4.53. The van der Waals surface area contributed by atoms with Crippen LogP contribution in [0.5, 0.6) is 0 Å². The fourth-order valence-corrected chi connectivity index (χ4v) is 3.24. The topological polar surface area (TPSA) is 111 Å². The number of benzene rings is 1. The lowest BCUT2D eigenvalue weighted by Crippen LogP contribution is -2.47. The quantitative estimate of drug-likeness (QED) is 0.347. The van der Waals surface area contributed by atoms with Gasteiger partial charge in [0.25, 0.3) is 0 Å². The van der Waals surface area contributed by atoms with Crippen molar-refractivity contribution in [3.05, 3.63) is 46.3 Å². The molecule has 0 N–H and O–H groups in total. The SMILES string of the molecule is [N-]=[N+]=N[C@@H]1C[C@@H](OC2CCCCO2)CC(=O)[C@H]1OC(=O)c1ccccc1. The van der Waals surface area contributed by atoms with Gasteiger partial charge in [0, 0.05) is 17.9 Å². The van der Waals surface area contributed by atoms with E-state index in [1.807, 2.05) is 0 Å². The zero-order valence-electron chi connectivity index (χ0n) is 14.3. The van der Waals surface area contributed by atoms with Crippen molar-refractivity contribution >= 4 is 11.8 Å². The van der Waals surface area contributed by atoms with Crippen molar-refractivity contribution in [2.45, 2.75) is 56.6 Å². The van der Waals surface area contributed by atoms with E-state index < -0.39 is 24.2 Å². The second kappa shape index (κ2) is 8.80. The van der Waals surface area contributed by atoms with Gasteiger partial charge in [0.05, 0.1) is 17.7 Å². The second-order valence-corrected chi connectivity index (χ2v) is 6.42. The number of rotatable bonds is 5. The Balaban J connectivity index is 1.65. The van der Waals surface area contributed by atoms with Gasteiger partial charge in [-0.2, -0.15) is 0 Å². The molecule has 1 aliphatic carbocycles. The van der Waals surface area contributed by atoms with E-state index >= 15 is 0 Å². The molecule has 1 aliphatic heterocycles. The van der Waals surface area contributed by atoms with Crippen molar-refractivity contribution in [3.63, 3.8) is 0 Å². The molecule has 4 atom stereocenters. The molecule has 1 saturated heterocycles. The fraction of sp³-hybridized carbons (Fsp3) is 0.556. The zero-order valence-corrected chi connectivity index (χ0v) is 14.3. The summed E-state index contributed by atoms with van der Waals surface area (Å²) in [6, 6.07) is 7.61. The molecular weight excluding hydrogens is 338 g/mol. The van der Waals surface area contributed by atoms with Gasteiger partial charge in [-0.05, 0) is 43.3 Å². The third-order valence-corrected chi connectivity index (χ3v) is 4.53. The van der Waals surface area contributed by atoms with Crippen LogP contribution >= 0.6 is 0 Å². The molecule has 0 radical (unpaired) electrons. The standard InChI is InChI=1S/C18H21N3O5/c19-21-20-14-10-13(25-16-8-4-5-9-24-16)11-15(22)17(14)26-18(23)12-6-2-1-3-7-12/h1-3,6-7,13-14,16-17H,4-5,8-11H2/t13-,14-,16?,17+/m1/s1. The van der Waals surface area contributed by atoms with Crippen LogP contribution < -0.4 is 0 Å². The fourth-order valence-electron chi connectivity index (χ4n) is 3.24. The molecule has 1 aromatic carbocycles. The first kappa shape index (κ1) is 18.4. The molecule has 1 unspecified atom stereocenters. The van der Waals surface area contributed by atoms with Crippen LogP contribution in [0.4, 0.5) is 0 Å². The monoisotopic (exact) mass is 359 g/mol. The normalized spacial score (nSPS) is 28.8. The van der Waals surface area contributed by atoms with Crippen molar-refractivity contribution in [3.8, 4) is 0 Å². The van der Waals surface area contributed by atoms with Crippen LogP contribution in [0, 0.1) is 0 Å². The van der Waals surface area contributed by atoms with Crippen molar-refractivity contribution in [1.29, 1.82) is 0 Å². The largest absolute Gasteiger partial charge is 0.450 e. The second-order valence-electron chi connectivity index (χ2n) is 6.42. The first-order chi connectivity index (χ1) is 12.7. The van der Waals surface area contributed by atoms with Gasteiger partial charge in [0.2, 0.25) is 0 Å². The number of ketones is 1. The number of ether oxygens (including phenoxy) is 3. The highest BCUT2D eigenvalue weighted by molar-refractivity contribution is 5.93. The molecule has 8 heteroatoms. The van der Waals surface area contributed by atoms with Crippen LogP contribution in [-0.4, -0.2) is 42.9 Å². The minimum Gasteiger partial charge on any atom is -0.450 e. The minimum absolute atomic E-state index is 0.101. The Morgan fingerprint density at radius 3 is 2.77 bits per heavy atom. The number of carbonyl (C=O) groups excluding carboxylic acids is 2. The van der Waals surface area contributed by atoms with Crippen LogP contribution in [0.1, 0.15) is 42.5 Å². The molecule has 8 nitrogen and oxygen atoms in total. The van der Waals surface area contributed by atoms with Gasteiger partial charge < -0.3 is 14.2 Å². The van der Waals surface area contributed by atoms with E-state index in [-0.39, 0.29) is 18.5 Å². The number of azide groups is 1. The van der Waals surface area contributed by atoms with Gasteiger partial charge in [-0.1, -0.05) is 23.3 Å². The number of hydrogen-bond acceptors (Lipinski definition) is 6. The summed E-state index contributed by atoms with van der Waals surface area (Å²) in [5.41, 5.74) is 9.16. The van der Waals surface area contributed by atoms with E-state index in [2.05, 4.69) is 10.0 Å². The molecule has 0 bridgehead atoms. The van der Waals surface area contributed by atoms with Crippen molar-refractivity contribution < 1.29 is 23.8 Å². The molecule has 2 aliphatic rings. The number of Topliss-reactive ketones (excluding diaryl/α,β-unsaturated/α-hetero) is 1. The molecule has 1 saturated carbocycles. The summed E-state index contributed by atoms with van der Waals surface area (Å²) in [5, 5.41) is 3.67. The summed E-state index contributed by atoms with van der Waals surface area (Å²) in [4.78, 5) is 27.6. The molecule has 1 aromatic rings. The van der Waals surface area contributed by atoms with E-state index in [9.17, 15) is 9.59 Å². The average Bonchev–Trinajstić information content (AvgIpc) is 2.66. The number of hydrogen-bond donors (Lipinski definition) is 0. The number of nitrogens with zero attached hydrogens (tertiary/aromatic N) is 3. The summed E-state index contributed by atoms with van der Waals surface area (Å²) in [6.45, 7) is 0.641. The van der Waals surface area contributed by atoms with E-state index in [1.165, 1.54) is 0 Å². The highest BCUT2D eigenvalue weighted by Crippen LogP contribution is 2.27. The van der Waals surface area contributed by atoms with E-state index in [0.29, 0.717) is 18.6 Å². The van der Waals surface area contributed by atoms with Gasteiger partial charge in [-0.3, -0.25) is 4.79 Å². The van der Waals surface area contributed by atoms with Crippen LogP contribution in [-0.2, 0) is 19.0 Å². The van der Waals surface area contributed by atoms with Crippen molar-refractivity contribution in [1.82, 2.24) is 0 Å². The number of esters is 1. The maximum absolute atomic E-state index is 12.5. The summed E-state index contributed by atoms with van der Waals surface area (Å²) >= 11 is 0. The van der Waals surface area contributed by atoms with Crippen LogP contribution in [0.15, 0.2) is 35.4 Å². The van der Waals surface area contributed by atoms with Crippen LogP contribution in [0.3, 0.4) is 0 Å². The Labute approximate surface area is 151 Å². The molecule has 0 aromatic heterocycles. The molecule has 0 spiro atoms. The third kappa shape index (κ3) is 4.60. The Hall–Kier alpha value is -2.41. The van der Waals surface area contributed by atoms with Gasteiger partial charge in [0.1, 0.15) is 0 Å². The Morgan fingerprint density at radius 2 is 2.08 bits per heavy atom. The zero-order chi connectivity index (χ0) is 18.4. The smallest absolute Gasteiger partial charge is 0.338 e. The Morgan fingerprint density at radius 1 is 1.27 bits per heavy atom. The van der Waals surface area contributed by atoms with E-state index in [0.717, 1.165) is 19.3 Å². The minimum atomic E-state index is -1.09. The van der Waals surface area contributed by atoms with E-state index in [4.69, 9.17) is 19.7 Å². The predicted octanol–water partition coefficient (Wildman–Crippen LogP) is 3.17. The van der Waals surface area contributed by atoms with Gasteiger partial charge in [-0.15, -0.1) is 0 Å². The molecule has 26 heavy (non-hydrogen) atoms. The Kier molecular flexibility index (Phi) is 6.22.